The lowest BCUT2D eigenvalue weighted by atomic mass is 10.1. The Balaban J connectivity index is 1.92. The average molecular weight is 382 g/mol. The van der Waals surface area contributed by atoms with Gasteiger partial charge in [0.15, 0.2) is 0 Å². The number of aryl methyl sites for hydroxylation is 1. The topological polar surface area (TPSA) is 112 Å². The molecule has 0 atom stereocenters. The third-order valence-electron chi connectivity index (χ3n) is 4.11. The molecule has 0 bridgehead atoms. The van der Waals surface area contributed by atoms with Gasteiger partial charge in [-0.25, -0.2) is 14.3 Å². The zero-order valence-corrected chi connectivity index (χ0v) is 15.6. The summed E-state index contributed by atoms with van der Waals surface area (Å²) < 4.78 is 11.1. The molecule has 9 nitrogen and oxygen atoms in total. The summed E-state index contributed by atoms with van der Waals surface area (Å²) >= 11 is 0. The van der Waals surface area contributed by atoms with Gasteiger partial charge in [-0.2, -0.15) is 0 Å². The summed E-state index contributed by atoms with van der Waals surface area (Å²) in [4.78, 5) is 36.4. The summed E-state index contributed by atoms with van der Waals surface area (Å²) in [7, 11) is 2.45. The summed E-state index contributed by atoms with van der Waals surface area (Å²) in [5, 5.41) is 10.7. The van der Waals surface area contributed by atoms with Gasteiger partial charge in [-0.1, -0.05) is 5.21 Å². The van der Waals surface area contributed by atoms with Crippen molar-refractivity contribution in [1.29, 1.82) is 0 Å². The van der Waals surface area contributed by atoms with Gasteiger partial charge >= 0.3 is 11.9 Å². The highest BCUT2D eigenvalue weighted by atomic mass is 16.5. The highest BCUT2D eigenvalue weighted by Crippen LogP contribution is 2.19. The lowest BCUT2D eigenvalue weighted by Gasteiger charge is -2.10. The third-order valence-corrected chi connectivity index (χ3v) is 4.11. The molecule has 0 aliphatic heterocycles. The molecular weight excluding hydrogens is 364 g/mol. The standard InChI is InChI=1S/C19H18N4O5/c1-4-23-16-6-5-11(10-15(16)21-22-23)17(24)20-14-8-12(18(25)27-2)7-13(9-14)19(26)28-3/h5-10H,4H2,1-3H3,(H,20,24). The lowest BCUT2D eigenvalue weighted by molar-refractivity contribution is 0.0599. The van der Waals surface area contributed by atoms with Crippen molar-refractivity contribution in [1.82, 2.24) is 15.0 Å². The number of hydrogen-bond acceptors (Lipinski definition) is 7. The Morgan fingerprint density at radius 1 is 0.964 bits per heavy atom. The SMILES string of the molecule is CCn1nnc2cc(C(=O)Nc3cc(C(=O)OC)cc(C(=O)OC)c3)ccc21. The van der Waals surface area contributed by atoms with E-state index in [1.165, 1.54) is 32.4 Å². The number of fused-ring (bicyclic) bond motifs is 1. The van der Waals surface area contributed by atoms with E-state index in [1.807, 2.05) is 6.92 Å². The molecule has 1 amide bonds. The van der Waals surface area contributed by atoms with Crippen LogP contribution in [-0.4, -0.2) is 47.1 Å². The van der Waals surface area contributed by atoms with Crippen LogP contribution >= 0.6 is 0 Å². The summed E-state index contributed by atoms with van der Waals surface area (Å²) in [6.07, 6.45) is 0. The van der Waals surface area contributed by atoms with Crippen molar-refractivity contribution in [2.24, 2.45) is 0 Å². The van der Waals surface area contributed by atoms with E-state index in [1.54, 1.807) is 22.9 Å². The number of hydrogen-bond donors (Lipinski definition) is 1. The van der Waals surface area contributed by atoms with E-state index in [2.05, 4.69) is 25.1 Å². The molecule has 0 aliphatic rings. The van der Waals surface area contributed by atoms with Crippen LogP contribution in [0.25, 0.3) is 11.0 Å². The third kappa shape index (κ3) is 3.68. The van der Waals surface area contributed by atoms with Crippen LogP contribution in [0.1, 0.15) is 38.0 Å². The predicted octanol–water partition coefficient (Wildman–Crippen LogP) is 2.28. The Hall–Kier alpha value is -3.75. The number of amides is 1. The number of anilines is 1. The van der Waals surface area contributed by atoms with Crippen molar-refractivity contribution in [3.63, 3.8) is 0 Å². The fourth-order valence-corrected chi connectivity index (χ4v) is 2.72. The summed E-state index contributed by atoms with van der Waals surface area (Å²) in [6, 6.07) is 9.21. The van der Waals surface area contributed by atoms with Gasteiger partial charge in [-0.3, -0.25) is 4.79 Å². The van der Waals surface area contributed by atoms with Crippen LogP contribution in [0.2, 0.25) is 0 Å². The molecule has 1 N–H and O–H groups in total. The number of benzene rings is 2. The fourth-order valence-electron chi connectivity index (χ4n) is 2.72. The van der Waals surface area contributed by atoms with E-state index < -0.39 is 17.8 Å². The first-order chi connectivity index (χ1) is 13.5. The highest BCUT2D eigenvalue weighted by molar-refractivity contribution is 6.07. The van der Waals surface area contributed by atoms with E-state index in [4.69, 9.17) is 0 Å². The summed E-state index contributed by atoms with van der Waals surface area (Å²) in [6.45, 7) is 2.61. The molecular formula is C19H18N4O5. The van der Waals surface area contributed by atoms with Crippen LogP contribution in [-0.2, 0) is 16.0 Å². The molecule has 28 heavy (non-hydrogen) atoms. The van der Waals surface area contributed by atoms with Gasteiger partial charge in [0, 0.05) is 17.8 Å². The van der Waals surface area contributed by atoms with Gasteiger partial charge < -0.3 is 14.8 Å². The Labute approximate surface area is 160 Å². The number of esters is 2. The van der Waals surface area contributed by atoms with Crippen LogP contribution in [0.3, 0.4) is 0 Å². The van der Waals surface area contributed by atoms with Gasteiger partial charge in [-0.05, 0) is 43.3 Å². The minimum Gasteiger partial charge on any atom is -0.465 e. The van der Waals surface area contributed by atoms with Crippen molar-refractivity contribution in [3.8, 4) is 0 Å². The van der Waals surface area contributed by atoms with Crippen LogP contribution in [0.15, 0.2) is 36.4 Å². The van der Waals surface area contributed by atoms with Crippen molar-refractivity contribution in [3.05, 3.63) is 53.1 Å². The number of methoxy groups -OCH3 is 2. The number of ether oxygens (including phenoxy) is 2. The molecule has 0 fully saturated rings. The molecule has 3 rings (SSSR count). The van der Waals surface area contributed by atoms with E-state index in [-0.39, 0.29) is 16.8 Å². The second-order valence-corrected chi connectivity index (χ2v) is 5.85. The maximum absolute atomic E-state index is 12.6. The molecule has 1 heterocycles. The quantitative estimate of drug-likeness (QED) is 0.674. The first-order valence-electron chi connectivity index (χ1n) is 8.43. The van der Waals surface area contributed by atoms with Crippen LogP contribution < -0.4 is 5.32 Å². The molecule has 144 valence electrons. The highest BCUT2D eigenvalue weighted by Gasteiger charge is 2.16. The van der Waals surface area contributed by atoms with Crippen molar-refractivity contribution < 1.29 is 23.9 Å². The summed E-state index contributed by atoms with van der Waals surface area (Å²) in [5.74, 6) is -1.71. The second-order valence-electron chi connectivity index (χ2n) is 5.85. The number of aromatic nitrogens is 3. The maximum atomic E-state index is 12.6. The molecule has 2 aromatic carbocycles. The average Bonchev–Trinajstić information content (AvgIpc) is 3.14. The van der Waals surface area contributed by atoms with Gasteiger partial charge in [-0.15, -0.1) is 5.10 Å². The predicted molar refractivity (Wildman–Crippen MR) is 100 cm³/mol. The monoisotopic (exact) mass is 382 g/mol. The maximum Gasteiger partial charge on any atom is 0.337 e. The number of nitrogens with zero attached hydrogens (tertiary/aromatic N) is 3. The van der Waals surface area contributed by atoms with E-state index in [9.17, 15) is 14.4 Å². The Morgan fingerprint density at radius 3 is 2.18 bits per heavy atom. The first-order valence-corrected chi connectivity index (χ1v) is 8.43. The Bertz CT molecular complexity index is 1040. The molecule has 0 saturated heterocycles. The second kappa shape index (κ2) is 7.87. The molecule has 3 aromatic rings. The fraction of sp³-hybridized carbons (Fsp3) is 0.211. The molecule has 0 aliphatic carbocycles. The molecule has 0 unspecified atom stereocenters. The Kier molecular flexibility index (Phi) is 5.35. The molecule has 0 saturated carbocycles. The van der Waals surface area contributed by atoms with Crippen molar-refractivity contribution >= 4 is 34.6 Å². The van der Waals surface area contributed by atoms with Crippen molar-refractivity contribution in [2.75, 3.05) is 19.5 Å². The minimum absolute atomic E-state index is 0.113. The van der Waals surface area contributed by atoms with Gasteiger partial charge in [0.2, 0.25) is 0 Å². The number of carbonyl (C=O) groups excluding carboxylic acids is 3. The largest absolute Gasteiger partial charge is 0.465 e. The van der Waals surface area contributed by atoms with Gasteiger partial charge in [0.1, 0.15) is 5.52 Å². The summed E-state index contributed by atoms with van der Waals surface area (Å²) in [5.41, 5.74) is 2.25. The molecule has 9 heteroatoms. The number of rotatable bonds is 5. The van der Waals surface area contributed by atoms with Crippen molar-refractivity contribution in [2.45, 2.75) is 13.5 Å². The number of nitrogens with one attached hydrogen (secondary N) is 1. The Morgan fingerprint density at radius 2 is 1.61 bits per heavy atom. The van der Waals surface area contributed by atoms with E-state index >= 15 is 0 Å². The first kappa shape index (κ1) is 19.0. The van der Waals surface area contributed by atoms with Crippen LogP contribution in [0, 0.1) is 0 Å². The zero-order chi connectivity index (χ0) is 20.3. The van der Waals surface area contributed by atoms with E-state index in [0.29, 0.717) is 17.6 Å². The smallest absolute Gasteiger partial charge is 0.337 e. The molecule has 1 aromatic heterocycles. The lowest BCUT2D eigenvalue weighted by Crippen LogP contribution is -2.14. The van der Waals surface area contributed by atoms with Gasteiger partial charge in [0.25, 0.3) is 5.91 Å². The molecule has 0 spiro atoms. The van der Waals surface area contributed by atoms with E-state index in [0.717, 1.165) is 5.52 Å². The van der Waals surface area contributed by atoms with Gasteiger partial charge in [0.05, 0.1) is 30.9 Å². The zero-order valence-electron chi connectivity index (χ0n) is 15.6. The normalized spacial score (nSPS) is 10.5. The molecule has 0 radical (unpaired) electrons. The van der Waals surface area contributed by atoms with Crippen LogP contribution in [0.5, 0.6) is 0 Å². The van der Waals surface area contributed by atoms with Crippen LogP contribution in [0.4, 0.5) is 5.69 Å². The number of carbonyl (C=O) groups is 3. The minimum atomic E-state index is -0.640.